The number of esters is 1. The van der Waals surface area contributed by atoms with Crippen molar-refractivity contribution in [1.29, 1.82) is 0 Å². The molecule has 1 aromatic carbocycles. The van der Waals surface area contributed by atoms with Gasteiger partial charge in [-0.15, -0.1) is 0 Å². The second-order valence-electron chi connectivity index (χ2n) is 8.65. The Bertz CT molecular complexity index is 879. The summed E-state index contributed by atoms with van der Waals surface area (Å²) >= 11 is 0. The van der Waals surface area contributed by atoms with Crippen LogP contribution in [0.1, 0.15) is 43.6 Å². The van der Waals surface area contributed by atoms with Crippen molar-refractivity contribution in [2.75, 3.05) is 0 Å². The topological polar surface area (TPSA) is 65.2 Å². The van der Waals surface area contributed by atoms with Crippen LogP contribution >= 0.6 is 0 Å². The zero-order valence-corrected chi connectivity index (χ0v) is 15.7. The highest BCUT2D eigenvalue weighted by atomic mass is 19.4. The van der Waals surface area contributed by atoms with Gasteiger partial charge in [-0.2, -0.15) is 18.2 Å². The number of hydrogen-bond acceptors (Lipinski definition) is 5. The first kappa shape index (κ1) is 18.6. The molecule has 4 aliphatic carbocycles. The lowest BCUT2D eigenvalue weighted by molar-refractivity contribution is -0.164. The quantitative estimate of drug-likeness (QED) is 0.678. The zero-order chi connectivity index (χ0) is 20.2. The molecule has 1 aromatic heterocycles. The highest BCUT2D eigenvalue weighted by molar-refractivity contribution is 5.73. The molecular weight excluding hydrogens is 385 g/mol. The lowest BCUT2D eigenvalue weighted by atomic mass is 9.52. The lowest BCUT2D eigenvalue weighted by Crippen LogP contribution is -2.48. The third-order valence-electron chi connectivity index (χ3n) is 6.78. The van der Waals surface area contributed by atoms with Crippen molar-refractivity contribution in [2.45, 2.75) is 44.9 Å². The monoisotopic (exact) mass is 406 g/mol. The van der Waals surface area contributed by atoms with E-state index < -0.39 is 11.7 Å². The molecule has 0 saturated heterocycles. The first-order valence-electron chi connectivity index (χ1n) is 10.0. The average Bonchev–Trinajstić information content (AvgIpc) is 3.14. The maximum Gasteiger partial charge on any atom is 0.416 e. The molecule has 5 nitrogen and oxygen atoms in total. The predicted octanol–water partition coefficient (Wildman–Crippen LogP) is 4.87. The molecule has 4 saturated carbocycles. The SMILES string of the molecule is O=C(OCc1nc(-c2ccc(C(F)(F)F)cc2)no1)C1C2CC3CC(C2)CC1C3. The fourth-order valence-electron chi connectivity index (χ4n) is 5.78. The van der Waals surface area contributed by atoms with Crippen LogP contribution in [0.15, 0.2) is 28.8 Å². The number of carbonyl (C=O) groups is 1. The van der Waals surface area contributed by atoms with E-state index in [0.29, 0.717) is 17.4 Å². The van der Waals surface area contributed by atoms with Crippen molar-refractivity contribution < 1.29 is 27.2 Å². The van der Waals surface area contributed by atoms with Crippen LogP contribution in [0.2, 0.25) is 0 Å². The fourth-order valence-corrected chi connectivity index (χ4v) is 5.78. The molecule has 0 N–H and O–H groups in total. The minimum atomic E-state index is -4.40. The molecule has 2 aromatic rings. The summed E-state index contributed by atoms with van der Waals surface area (Å²) in [5.41, 5.74) is -0.338. The lowest BCUT2D eigenvalue weighted by Gasteiger charge is -2.53. The summed E-state index contributed by atoms with van der Waals surface area (Å²) in [6.45, 7) is -0.116. The van der Waals surface area contributed by atoms with Gasteiger partial charge in [0.2, 0.25) is 5.82 Å². The van der Waals surface area contributed by atoms with Gasteiger partial charge in [-0.05, 0) is 67.9 Å². The van der Waals surface area contributed by atoms with Crippen molar-refractivity contribution in [1.82, 2.24) is 10.1 Å². The molecule has 29 heavy (non-hydrogen) atoms. The third kappa shape index (κ3) is 3.53. The number of benzene rings is 1. The first-order chi connectivity index (χ1) is 13.9. The molecule has 0 spiro atoms. The largest absolute Gasteiger partial charge is 0.455 e. The van der Waals surface area contributed by atoms with Gasteiger partial charge < -0.3 is 9.26 Å². The number of hydrogen-bond donors (Lipinski definition) is 0. The predicted molar refractivity (Wildman–Crippen MR) is 95.1 cm³/mol. The number of halogens is 3. The molecule has 0 radical (unpaired) electrons. The van der Waals surface area contributed by atoms with Crippen molar-refractivity contribution in [3.8, 4) is 11.4 Å². The van der Waals surface area contributed by atoms with Gasteiger partial charge in [0.25, 0.3) is 5.89 Å². The van der Waals surface area contributed by atoms with Crippen LogP contribution in [-0.4, -0.2) is 16.1 Å². The molecule has 0 unspecified atom stereocenters. The number of aromatic nitrogens is 2. The van der Waals surface area contributed by atoms with E-state index in [1.165, 1.54) is 18.6 Å². The summed E-state index contributed by atoms with van der Waals surface area (Å²) < 4.78 is 48.6. The molecule has 154 valence electrons. The summed E-state index contributed by atoms with van der Waals surface area (Å²) in [5.74, 6) is 2.52. The van der Waals surface area contributed by atoms with E-state index in [4.69, 9.17) is 9.26 Å². The third-order valence-corrected chi connectivity index (χ3v) is 6.78. The first-order valence-corrected chi connectivity index (χ1v) is 10.0. The molecule has 4 bridgehead atoms. The van der Waals surface area contributed by atoms with Crippen LogP contribution in [-0.2, 0) is 22.3 Å². The smallest absolute Gasteiger partial charge is 0.416 e. The summed E-state index contributed by atoms with van der Waals surface area (Å²) in [6.07, 6.45) is 1.45. The van der Waals surface area contributed by atoms with Gasteiger partial charge >= 0.3 is 12.1 Å². The maximum absolute atomic E-state index is 12.7. The summed E-state index contributed by atoms with van der Waals surface area (Å²) in [6, 6.07) is 4.52. The molecule has 0 aliphatic heterocycles. The second-order valence-corrected chi connectivity index (χ2v) is 8.65. The Morgan fingerprint density at radius 2 is 1.66 bits per heavy atom. The van der Waals surface area contributed by atoms with E-state index in [0.717, 1.165) is 49.7 Å². The average molecular weight is 406 g/mol. The maximum atomic E-state index is 12.7. The zero-order valence-electron chi connectivity index (χ0n) is 15.7. The minimum Gasteiger partial charge on any atom is -0.455 e. The highest BCUT2D eigenvalue weighted by Crippen LogP contribution is 2.56. The Kier molecular flexibility index (Phi) is 4.40. The van der Waals surface area contributed by atoms with Crippen molar-refractivity contribution >= 4 is 5.97 Å². The normalized spacial score (nSPS) is 30.5. The van der Waals surface area contributed by atoms with E-state index in [2.05, 4.69) is 10.1 Å². The van der Waals surface area contributed by atoms with Crippen LogP contribution in [0.5, 0.6) is 0 Å². The van der Waals surface area contributed by atoms with Crippen molar-refractivity contribution in [3.63, 3.8) is 0 Å². The van der Waals surface area contributed by atoms with E-state index >= 15 is 0 Å². The molecule has 1 heterocycles. The fraction of sp³-hybridized carbons (Fsp3) is 0.571. The highest BCUT2D eigenvalue weighted by Gasteiger charge is 2.51. The summed E-state index contributed by atoms with van der Waals surface area (Å²) in [7, 11) is 0. The number of carbonyl (C=O) groups excluding carboxylic acids is 1. The Balaban J connectivity index is 1.21. The van der Waals surface area contributed by atoms with Gasteiger partial charge in [-0.1, -0.05) is 17.3 Å². The Hall–Kier alpha value is -2.38. The van der Waals surface area contributed by atoms with Crippen LogP contribution in [0, 0.1) is 29.6 Å². The van der Waals surface area contributed by atoms with Crippen molar-refractivity contribution in [2.24, 2.45) is 29.6 Å². The standard InChI is InChI=1S/C21H21F3N2O3/c22-21(23,24)16-3-1-13(2-4-16)19-25-17(29-26-19)10-28-20(27)18-14-6-11-5-12(8-14)9-15(18)7-11/h1-4,11-12,14-15,18H,5-10H2. The van der Waals surface area contributed by atoms with Crippen LogP contribution in [0.4, 0.5) is 13.2 Å². The number of nitrogens with zero attached hydrogens (tertiary/aromatic N) is 2. The number of ether oxygens (including phenoxy) is 1. The molecule has 0 atom stereocenters. The number of rotatable bonds is 4. The van der Waals surface area contributed by atoms with Gasteiger partial charge in [0, 0.05) is 5.56 Å². The second kappa shape index (κ2) is 6.85. The summed E-state index contributed by atoms with van der Waals surface area (Å²) in [4.78, 5) is 16.8. The minimum absolute atomic E-state index is 0.0277. The Labute approximate surface area is 165 Å². The Morgan fingerprint density at radius 1 is 1.03 bits per heavy atom. The van der Waals surface area contributed by atoms with Gasteiger partial charge in [-0.3, -0.25) is 4.79 Å². The van der Waals surface area contributed by atoms with Crippen LogP contribution in [0.3, 0.4) is 0 Å². The van der Waals surface area contributed by atoms with Crippen LogP contribution in [0.25, 0.3) is 11.4 Å². The van der Waals surface area contributed by atoms with Crippen molar-refractivity contribution in [3.05, 3.63) is 35.7 Å². The number of alkyl halides is 3. The van der Waals surface area contributed by atoms with E-state index in [9.17, 15) is 18.0 Å². The van der Waals surface area contributed by atoms with Gasteiger partial charge in [0.1, 0.15) is 0 Å². The Morgan fingerprint density at radius 3 is 2.24 bits per heavy atom. The van der Waals surface area contributed by atoms with Crippen LogP contribution < -0.4 is 0 Å². The molecular formula is C21H21F3N2O3. The molecule has 4 fully saturated rings. The van der Waals surface area contributed by atoms with E-state index in [1.807, 2.05) is 0 Å². The molecule has 8 heteroatoms. The summed E-state index contributed by atoms with van der Waals surface area (Å²) in [5, 5.41) is 3.78. The van der Waals surface area contributed by atoms with Gasteiger partial charge in [0.15, 0.2) is 6.61 Å². The van der Waals surface area contributed by atoms with E-state index in [1.54, 1.807) is 0 Å². The molecule has 4 aliphatic rings. The van der Waals surface area contributed by atoms with E-state index in [-0.39, 0.29) is 30.2 Å². The van der Waals surface area contributed by atoms with Gasteiger partial charge in [-0.25, -0.2) is 0 Å². The molecule has 6 rings (SSSR count). The van der Waals surface area contributed by atoms with Gasteiger partial charge in [0.05, 0.1) is 11.5 Å². The molecule has 0 amide bonds.